The summed E-state index contributed by atoms with van der Waals surface area (Å²) in [5, 5.41) is 24.4. The van der Waals surface area contributed by atoms with Crippen LogP contribution in [0.25, 0.3) is 0 Å². The molecule has 4 rings (SSSR count). The summed E-state index contributed by atoms with van der Waals surface area (Å²) in [5.41, 5.74) is 1.96. The van der Waals surface area contributed by atoms with Crippen molar-refractivity contribution < 1.29 is 78.7 Å². The lowest BCUT2D eigenvalue weighted by Gasteiger charge is -2.44. The highest BCUT2D eigenvalue weighted by Gasteiger charge is 2.42. The third kappa shape index (κ3) is 15.5. The third-order valence-corrected chi connectivity index (χ3v) is 6.08. The van der Waals surface area contributed by atoms with Crippen molar-refractivity contribution in [1.29, 1.82) is 0 Å². The number of nitrogens with one attached hydrogen (secondary N) is 1. The van der Waals surface area contributed by atoms with E-state index in [0.717, 1.165) is 38.2 Å². The van der Waals surface area contributed by atoms with Crippen molar-refractivity contribution in [2.75, 3.05) is 25.0 Å². The molecular formula is C26H27F9N4O8. The Balaban J connectivity index is 0.000000430. The van der Waals surface area contributed by atoms with Crippen molar-refractivity contribution >= 4 is 29.5 Å². The summed E-state index contributed by atoms with van der Waals surface area (Å²) in [6, 6.07) is 7.77. The highest BCUT2D eigenvalue weighted by Crippen LogP contribution is 2.34. The van der Waals surface area contributed by atoms with Crippen LogP contribution in [0.2, 0.25) is 0 Å². The van der Waals surface area contributed by atoms with Crippen LogP contribution in [0.15, 0.2) is 49.1 Å². The first kappa shape index (κ1) is 40.5. The Morgan fingerprint density at radius 2 is 1.30 bits per heavy atom. The van der Waals surface area contributed by atoms with Crippen molar-refractivity contribution in [3.63, 3.8) is 0 Å². The Morgan fingerprint density at radius 1 is 0.809 bits per heavy atom. The molecule has 0 spiro atoms. The zero-order valence-electron chi connectivity index (χ0n) is 23.7. The summed E-state index contributed by atoms with van der Waals surface area (Å²) in [7, 11) is 0. The van der Waals surface area contributed by atoms with E-state index in [1.165, 1.54) is 5.56 Å². The SMILES string of the molecule is O=C(Nc1cccnc1)[C@H]1CCO[C@H]2CCN(Cc3cccnc3)C[C@@H]21.O=C(O)C(F)(F)F.O=C(O)C(F)(F)F.O=C(O)C(F)(F)F. The maximum atomic E-state index is 12.9. The number of hydrogen-bond donors (Lipinski definition) is 4. The van der Waals surface area contributed by atoms with Crippen LogP contribution >= 0.6 is 0 Å². The number of nitrogens with zero attached hydrogens (tertiary/aromatic N) is 3. The maximum absolute atomic E-state index is 12.9. The number of carbonyl (C=O) groups excluding carboxylic acids is 1. The summed E-state index contributed by atoms with van der Waals surface area (Å²) >= 11 is 0. The number of hydrogen-bond acceptors (Lipinski definition) is 8. The first-order chi connectivity index (χ1) is 21.6. The van der Waals surface area contributed by atoms with Crippen LogP contribution in [0, 0.1) is 11.8 Å². The number of carboxylic acids is 3. The number of amides is 1. The molecule has 21 heteroatoms. The van der Waals surface area contributed by atoms with Gasteiger partial charge in [-0.1, -0.05) is 6.07 Å². The van der Waals surface area contributed by atoms with Gasteiger partial charge in [0.25, 0.3) is 0 Å². The van der Waals surface area contributed by atoms with Gasteiger partial charge in [-0.05, 0) is 36.6 Å². The minimum absolute atomic E-state index is 0.0225. The zero-order chi connectivity index (χ0) is 36.0. The second kappa shape index (κ2) is 18.0. The molecule has 0 aromatic carbocycles. The maximum Gasteiger partial charge on any atom is 0.490 e. The number of aromatic nitrogens is 2. The minimum Gasteiger partial charge on any atom is -0.475 e. The van der Waals surface area contributed by atoms with Crippen LogP contribution in [0.4, 0.5) is 45.2 Å². The third-order valence-electron chi connectivity index (χ3n) is 6.08. The molecule has 4 heterocycles. The van der Waals surface area contributed by atoms with Gasteiger partial charge in [0.2, 0.25) is 5.91 Å². The molecule has 1 amide bonds. The lowest BCUT2D eigenvalue weighted by atomic mass is 9.79. The number of aliphatic carboxylic acids is 3. The van der Waals surface area contributed by atoms with Gasteiger partial charge < -0.3 is 25.4 Å². The molecular weight excluding hydrogens is 667 g/mol. The fourth-order valence-corrected chi connectivity index (χ4v) is 4.08. The van der Waals surface area contributed by atoms with E-state index < -0.39 is 36.4 Å². The monoisotopic (exact) mass is 694 g/mol. The van der Waals surface area contributed by atoms with Crippen LogP contribution in [-0.4, -0.2) is 98.3 Å². The van der Waals surface area contributed by atoms with E-state index in [2.05, 4.69) is 26.3 Å². The molecule has 262 valence electrons. The van der Waals surface area contributed by atoms with Crippen molar-refractivity contribution in [3.05, 3.63) is 54.6 Å². The van der Waals surface area contributed by atoms with Crippen molar-refractivity contribution in [1.82, 2.24) is 14.9 Å². The first-order valence-corrected chi connectivity index (χ1v) is 13.0. The highest BCUT2D eigenvalue weighted by atomic mass is 19.4. The van der Waals surface area contributed by atoms with Gasteiger partial charge in [-0.25, -0.2) is 14.4 Å². The van der Waals surface area contributed by atoms with E-state index in [9.17, 15) is 44.3 Å². The molecule has 2 saturated heterocycles. The number of piperidine rings is 1. The second-order valence-corrected chi connectivity index (χ2v) is 9.49. The smallest absolute Gasteiger partial charge is 0.475 e. The molecule has 3 atom stereocenters. The number of ether oxygens (including phenoxy) is 1. The summed E-state index contributed by atoms with van der Waals surface area (Å²) in [4.78, 5) is 50.2. The Bertz CT molecular complexity index is 1240. The van der Waals surface area contributed by atoms with Gasteiger partial charge in [-0.2, -0.15) is 39.5 Å². The summed E-state index contributed by atoms with van der Waals surface area (Å²) in [5.74, 6) is -7.98. The van der Waals surface area contributed by atoms with Crippen LogP contribution in [0.1, 0.15) is 18.4 Å². The van der Waals surface area contributed by atoms with Crippen LogP contribution in [0.5, 0.6) is 0 Å². The molecule has 0 radical (unpaired) electrons. The molecule has 2 aromatic heterocycles. The Kier molecular flexibility index (Phi) is 15.5. The molecule has 0 bridgehead atoms. The van der Waals surface area contributed by atoms with E-state index in [4.69, 9.17) is 34.4 Å². The minimum atomic E-state index is -5.08. The molecule has 0 aliphatic carbocycles. The van der Waals surface area contributed by atoms with Gasteiger partial charge in [0, 0.05) is 56.7 Å². The van der Waals surface area contributed by atoms with Gasteiger partial charge in [0.1, 0.15) is 0 Å². The molecule has 0 unspecified atom stereocenters. The second-order valence-electron chi connectivity index (χ2n) is 9.49. The predicted molar refractivity (Wildman–Crippen MR) is 139 cm³/mol. The Labute approximate surface area is 259 Å². The molecule has 2 fully saturated rings. The number of carboxylic acid groups (broad SMARTS) is 3. The summed E-state index contributed by atoms with van der Waals surface area (Å²) in [6.45, 7) is 3.40. The molecule has 2 aromatic rings. The average molecular weight is 695 g/mol. The van der Waals surface area contributed by atoms with E-state index in [0.29, 0.717) is 6.61 Å². The van der Waals surface area contributed by atoms with Gasteiger partial charge >= 0.3 is 36.4 Å². The Morgan fingerprint density at radius 3 is 1.72 bits per heavy atom. The van der Waals surface area contributed by atoms with Crippen molar-refractivity contribution in [3.8, 4) is 0 Å². The quantitative estimate of drug-likeness (QED) is 0.337. The number of rotatable bonds is 4. The van der Waals surface area contributed by atoms with Gasteiger partial charge in [-0.3, -0.25) is 19.7 Å². The lowest BCUT2D eigenvalue weighted by molar-refractivity contribution is -0.193. The summed E-state index contributed by atoms with van der Waals surface area (Å²) in [6.07, 6.45) is -6.23. The number of anilines is 1. The normalized spacial score (nSPS) is 19.5. The van der Waals surface area contributed by atoms with E-state index >= 15 is 0 Å². The van der Waals surface area contributed by atoms with Crippen LogP contribution in [0.3, 0.4) is 0 Å². The molecule has 12 nitrogen and oxygen atoms in total. The number of likely N-dealkylation sites (tertiary alicyclic amines) is 1. The average Bonchev–Trinajstić information content (AvgIpc) is 2.97. The molecule has 2 aliphatic rings. The van der Waals surface area contributed by atoms with Gasteiger partial charge in [0.05, 0.1) is 18.0 Å². The molecule has 2 aliphatic heterocycles. The highest BCUT2D eigenvalue weighted by molar-refractivity contribution is 5.92. The summed E-state index contributed by atoms with van der Waals surface area (Å²) < 4.78 is 101. The zero-order valence-corrected chi connectivity index (χ0v) is 23.7. The number of fused-ring (bicyclic) bond motifs is 1. The number of pyridine rings is 2. The van der Waals surface area contributed by atoms with Gasteiger partial charge in [-0.15, -0.1) is 0 Å². The van der Waals surface area contributed by atoms with E-state index in [1.54, 1.807) is 18.6 Å². The number of carbonyl (C=O) groups is 4. The largest absolute Gasteiger partial charge is 0.490 e. The fourth-order valence-electron chi connectivity index (χ4n) is 4.08. The van der Waals surface area contributed by atoms with Crippen LogP contribution < -0.4 is 5.32 Å². The topological polar surface area (TPSA) is 179 Å². The standard InChI is InChI=1S/C20H24N4O2.3C2HF3O2/c25-20(23-16-4-2-8-22-12-16)17-6-10-26-19-5-9-24(14-18(17)19)13-15-3-1-7-21-11-15;3*3-2(4,5)1(6)7/h1-4,7-8,11-12,17-19H,5-6,9-10,13-14H2,(H,23,25);3*(H,6,7)/t17-,18+,19-;;;/m0.../s1. The molecule has 0 saturated carbocycles. The fraction of sp³-hybridized carbons (Fsp3) is 0.462. The lowest BCUT2D eigenvalue weighted by Crippen LogP contribution is -2.52. The van der Waals surface area contributed by atoms with E-state index in [-0.39, 0.29) is 23.8 Å². The first-order valence-electron chi connectivity index (χ1n) is 13.0. The molecule has 47 heavy (non-hydrogen) atoms. The predicted octanol–water partition coefficient (Wildman–Crippen LogP) is 4.24. The molecule has 4 N–H and O–H groups in total. The van der Waals surface area contributed by atoms with Gasteiger partial charge in [0.15, 0.2) is 0 Å². The number of alkyl halides is 9. The van der Waals surface area contributed by atoms with E-state index in [1.807, 2.05) is 24.4 Å². The number of halogens is 9. The van der Waals surface area contributed by atoms with Crippen molar-refractivity contribution in [2.24, 2.45) is 11.8 Å². The Hall–Kier alpha value is -4.53. The van der Waals surface area contributed by atoms with Crippen LogP contribution in [-0.2, 0) is 30.5 Å². The van der Waals surface area contributed by atoms with Crippen molar-refractivity contribution in [2.45, 2.75) is 44.0 Å².